The highest BCUT2D eigenvalue weighted by molar-refractivity contribution is 5.99. The lowest BCUT2D eigenvalue weighted by Gasteiger charge is -2.11. The van der Waals surface area contributed by atoms with Crippen molar-refractivity contribution in [3.05, 3.63) is 47.7 Å². The minimum atomic E-state index is -0.230. The van der Waals surface area contributed by atoms with E-state index in [-0.39, 0.29) is 17.7 Å². The summed E-state index contributed by atoms with van der Waals surface area (Å²) in [6.07, 6.45) is 3.77. The molecule has 0 aliphatic heterocycles. The Morgan fingerprint density at radius 3 is 2.84 bits per heavy atom. The first-order chi connectivity index (χ1) is 9.06. The van der Waals surface area contributed by atoms with Crippen molar-refractivity contribution in [2.24, 2.45) is 0 Å². The second-order valence-corrected chi connectivity index (χ2v) is 4.52. The van der Waals surface area contributed by atoms with Crippen molar-refractivity contribution in [2.75, 3.05) is 0 Å². The van der Waals surface area contributed by atoms with Crippen molar-refractivity contribution in [3.8, 4) is 0 Å². The van der Waals surface area contributed by atoms with Crippen LogP contribution in [-0.4, -0.2) is 22.7 Å². The van der Waals surface area contributed by atoms with Crippen LogP contribution in [0.4, 0.5) is 0 Å². The van der Waals surface area contributed by atoms with Gasteiger partial charge in [0.15, 0.2) is 5.78 Å². The molecule has 1 unspecified atom stereocenters. The third-order valence-electron chi connectivity index (χ3n) is 2.80. The van der Waals surface area contributed by atoms with Crippen LogP contribution < -0.4 is 5.32 Å². The van der Waals surface area contributed by atoms with Crippen LogP contribution in [0.1, 0.15) is 40.5 Å². The Morgan fingerprint density at radius 2 is 2.26 bits per heavy atom. The summed E-state index contributed by atoms with van der Waals surface area (Å²) in [6, 6.07) is 5.18. The Balaban J connectivity index is 1.94. The van der Waals surface area contributed by atoms with Crippen molar-refractivity contribution in [1.29, 1.82) is 0 Å². The van der Waals surface area contributed by atoms with E-state index in [1.807, 2.05) is 19.1 Å². The summed E-state index contributed by atoms with van der Waals surface area (Å²) in [5.41, 5.74) is 0.889. The number of aromatic amines is 1. The zero-order valence-corrected chi connectivity index (χ0v) is 10.9. The Hall–Kier alpha value is -2.30. The molecule has 2 N–H and O–H groups in total. The lowest BCUT2D eigenvalue weighted by molar-refractivity contribution is 0.0934. The van der Waals surface area contributed by atoms with E-state index in [9.17, 15) is 9.59 Å². The van der Waals surface area contributed by atoms with E-state index in [2.05, 4.69) is 10.3 Å². The number of rotatable bonds is 5. The fourth-order valence-corrected chi connectivity index (χ4v) is 1.81. The molecule has 0 aliphatic carbocycles. The zero-order valence-electron chi connectivity index (χ0n) is 10.9. The molecule has 19 heavy (non-hydrogen) atoms. The fraction of sp³-hybridized carbons (Fsp3) is 0.286. The van der Waals surface area contributed by atoms with Gasteiger partial charge in [0, 0.05) is 24.2 Å². The summed E-state index contributed by atoms with van der Waals surface area (Å²) >= 11 is 0. The topological polar surface area (TPSA) is 75.1 Å². The molecule has 0 spiro atoms. The fourth-order valence-electron chi connectivity index (χ4n) is 1.81. The van der Waals surface area contributed by atoms with Gasteiger partial charge in [0.1, 0.15) is 11.5 Å². The van der Waals surface area contributed by atoms with E-state index < -0.39 is 0 Å². The number of hydrogen-bond acceptors (Lipinski definition) is 3. The van der Waals surface area contributed by atoms with Crippen LogP contribution in [0, 0.1) is 0 Å². The molecule has 0 radical (unpaired) electrons. The summed E-state index contributed by atoms with van der Waals surface area (Å²) < 4.78 is 5.22. The molecule has 0 bridgehead atoms. The first-order valence-corrected chi connectivity index (χ1v) is 6.09. The molecule has 0 aromatic carbocycles. The minimum Gasteiger partial charge on any atom is -0.469 e. The number of carbonyl (C=O) groups is 2. The lowest BCUT2D eigenvalue weighted by Crippen LogP contribution is -2.34. The second kappa shape index (κ2) is 5.56. The zero-order chi connectivity index (χ0) is 13.8. The van der Waals surface area contributed by atoms with Gasteiger partial charge in [0.25, 0.3) is 5.91 Å². The van der Waals surface area contributed by atoms with Crippen LogP contribution in [0.5, 0.6) is 0 Å². The number of carbonyl (C=O) groups excluding carboxylic acids is 2. The molecule has 1 amide bonds. The van der Waals surface area contributed by atoms with Crippen molar-refractivity contribution in [3.63, 3.8) is 0 Å². The van der Waals surface area contributed by atoms with Gasteiger partial charge in [-0.25, -0.2) is 0 Å². The highest BCUT2D eigenvalue weighted by Crippen LogP contribution is 2.07. The van der Waals surface area contributed by atoms with Crippen molar-refractivity contribution < 1.29 is 14.0 Å². The number of hydrogen-bond donors (Lipinski definition) is 2. The quantitative estimate of drug-likeness (QED) is 0.809. The Labute approximate surface area is 111 Å². The van der Waals surface area contributed by atoms with Crippen molar-refractivity contribution in [1.82, 2.24) is 10.3 Å². The van der Waals surface area contributed by atoms with Gasteiger partial charge >= 0.3 is 0 Å². The summed E-state index contributed by atoms with van der Waals surface area (Å²) in [7, 11) is 0. The normalized spacial score (nSPS) is 12.1. The van der Waals surface area contributed by atoms with Crippen LogP contribution in [0.3, 0.4) is 0 Å². The summed E-state index contributed by atoms with van der Waals surface area (Å²) in [5, 5.41) is 2.85. The van der Waals surface area contributed by atoms with Gasteiger partial charge < -0.3 is 14.7 Å². The molecular weight excluding hydrogens is 244 g/mol. The maximum absolute atomic E-state index is 11.9. The Kier molecular flexibility index (Phi) is 3.85. The van der Waals surface area contributed by atoms with Crippen LogP contribution >= 0.6 is 0 Å². The van der Waals surface area contributed by atoms with Gasteiger partial charge in [-0.1, -0.05) is 0 Å². The van der Waals surface area contributed by atoms with Crippen LogP contribution in [0.15, 0.2) is 35.1 Å². The lowest BCUT2D eigenvalue weighted by atomic mass is 10.2. The van der Waals surface area contributed by atoms with Crippen molar-refractivity contribution in [2.45, 2.75) is 26.3 Å². The summed E-state index contributed by atoms with van der Waals surface area (Å²) in [4.78, 5) is 25.9. The number of nitrogens with one attached hydrogen (secondary N) is 2. The monoisotopic (exact) mass is 260 g/mol. The van der Waals surface area contributed by atoms with E-state index in [1.165, 1.54) is 13.1 Å². The van der Waals surface area contributed by atoms with Gasteiger partial charge in [-0.05, 0) is 32.0 Å². The van der Waals surface area contributed by atoms with Gasteiger partial charge in [0.05, 0.1) is 6.26 Å². The number of ketones is 1. The standard InChI is InChI=1S/C14H16N2O3/c1-9(6-12-4-3-5-19-12)16-14(18)13-7-11(8-15-13)10(2)17/h3-5,7-9,15H,6H2,1-2H3,(H,16,18). The second-order valence-electron chi connectivity index (χ2n) is 4.52. The smallest absolute Gasteiger partial charge is 0.267 e. The van der Waals surface area contributed by atoms with E-state index >= 15 is 0 Å². The van der Waals surface area contributed by atoms with E-state index in [1.54, 1.807) is 12.3 Å². The molecule has 0 saturated carbocycles. The number of aromatic nitrogens is 1. The van der Waals surface area contributed by atoms with Gasteiger partial charge in [0.2, 0.25) is 0 Å². The molecular formula is C14H16N2O3. The Morgan fingerprint density at radius 1 is 1.47 bits per heavy atom. The molecule has 2 aromatic rings. The molecule has 100 valence electrons. The van der Waals surface area contributed by atoms with Gasteiger partial charge in [-0.15, -0.1) is 0 Å². The molecule has 2 heterocycles. The van der Waals surface area contributed by atoms with Gasteiger partial charge in [-0.3, -0.25) is 9.59 Å². The highest BCUT2D eigenvalue weighted by atomic mass is 16.3. The molecule has 2 rings (SSSR count). The predicted octanol–water partition coefficient (Wildman–Crippen LogP) is 2.17. The van der Waals surface area contributed by atoms with E-state index in [0.29, 0.717) is 17.7 Å². The predicted molar refractivity (Wildman–Crippen MR) is 70.1 cm³/mol. The molecule has 0 saturated heterocycles. The van der Waals surface area contributed by atoms with E-state index in [4.69, 9.17) is 4.42 Å². The van der Waals surface area contributed by atoms with Gasteiger partial charge in [-0.2, -0.15) is 0 Å². The SMILES string of the molecule is CC(=O)c1c[nH]c(C(=O)NC(C)Cc2ccco2)c1. The summed E-state index contributed by atoms with van der Waals surface area (Å²) in [6.45, 7) is 3.36. The number of Topliss-reactive ketones (excluding diaryl/α,β-unsaturated/α-hetero) is 1. The summed E-state index contributed by atoms with van der Waals surface area (Å²) in [5.74, 6) is 0.522. The Bertz CT molecular complexity index is 569. The number of amides is 1. The minimum absolute atomic E-state index is 0.0530. The molecule has 1 atom stereocenters. The largest absolute Gasteiger partial charge is 0.469 e. The first-order valence-electron chi connectivity index (χ1n) is 6.09. The molecule has 0 aliphatic rings. The van der Waals surface area contributed by atoms with Crippen LogP contribution in [0.25, 0.3) is 0 Å². The number of furan rings is 1. The van der Waals surface area contributed by atoms with Crippen LogP contribution in [-0.2, 0) is 6.42 Å². The third-order valence-corrected chi connectivity index (χ3v) is 2.80. The number of H-pyrrole nitrogens is 1. The first kappa shape index (κ1) is 13.1. The highest BCUT2D eigenvalue weighted by Gasteiger charge is 2.14. The van der Waals surface area contributed by atoms with E-state index in [0.717, 1.165) is 5.76 Å². The molecule has 5 nitrogen and oxygen atoms in total. The molecule has 5 heteroatoms. The van der Waals surface area contributed by atoms with Crippen LogP contribution in [0.2, 0.25) is 0 Å². The average Bonchev–Trinajstić information content (AvgIpc) is 2.98. The average molecular weight is 260 g/mol. The maximum atomic E-state index is 11.9. The third kappa shape index (κ3) is 3.34. The molecule has 0 fully saturated rings. The maximum Gasteiger partial charge on any atom is 0.267 e. The molecule has 2 aromatic heterocycles. The van der Waals surface area contributed by atoms with Crippen molar-refractivity contribution >= 4 is 11.7 Å².